The van der Waals surface area contributed by atoms with Gasteiger partial charge in [0.05, 0.1) is 0 Å². The predicted molar refractivity (Wildman–Crippen MR) is 80.1 cm³/mol. The Bertz CT molecular complexity index is 343. The minimum atomic E-state index is 0.157. The number of hydrogen-bond donors (Lipinski definition) is 1. The van der Waals surface area contributed by atoms with E-state index in [9.17, 15) is 0 Å². The molecule has 3 heteroatoms. The van der Waals surface area contributed by atoms with Crippen LogP contribution in [0.1, 0.15) is 44.4 Å². The van der Waals surface area contributed by atoms with Gasteiger partial charge in [0.25, 0.3) is 0 Å². The topological polar surface area (TPSA) is 29.3 Å². The van der Waals surface area contributed by atoms with Crippen LogP contribution in [-0.4, -0.2) is 29.6 Å². The number of nitrogens with zero attached hydrogens (tertiary/aromatic N) is 1. The largest absolute Gasteiger partial charge is 0.326 e. The van der Waals surface area contributed by atoms with E-state index in [1.807, 2.05) is 11.3 Å². The van der Waals surface area contributed by atoms with Gasteiger partial charge in [0.2, 0.25) is 0 Å². The minimum absolute atomic E-state index is 0.157. The van der Waals surface area contributed by atoms with Gasteiger partial charge in [-0.1, -0.05) is 19.4 Å². The van der Waals surface area contributed by atoms with Crippen molar-refractivity contribution < 1.29 is 0 Å². The summed E-state index contributed by atoms with van der Waals surface area (Å²) < 4.78 is 0. The standard InChI is InChI=1S/C15H26N2S/c1-3-15(2,17-9-5-4-6-10-17)14(16)12-13-8-7-11-18-13/h7-8,11,14H,3-6,9-10,12,16H2,1-2H3. The Morgan fingerprint density at radius 3 is 2.67 bits per heavy atom. The number of thiophene rings is 1. The van der Waals surface area contributed by atoms with Gasteiger partial charge in [-0.2, -0.15) is 0 Å². The van der Waals surface area contributed by atoms with Crippen LogP contribution in [0.15, 0.2) is 17.5 Å². The number of rotatable bonds is 5. The first kappa shape index (κ1) is 14.0. The zero-order valence-corrected chi connectivity index (χ0v) is 12.5. The molecule has 0 bridgehead atoms. The molecule has 0 aliphatic carbocycles. The van der Waals surface area contributed by atoms with E-state index in [1.165, 1.54) is 37.2 Å². The maximum atomic E-state index is 6.55. The van der Waals surface area contributed by atoms with Gasteiger partial charge in [-0.15, -0.1) is 11.3 Å². The van der Waals surface area contributed by atoms with E-state index in [0.29, 0.717) is 0 Å². The molecule has 2 heterocycles. The Kier molecular flexibility index (Phi) is 4.82. The molecule has 0 amide bonds. The fourth-order valence-corrected chi connectivity index (χ4v) is 3.76. The predicted octanol–water partition coefficient (Wildman–Crippen LogP) is 3.27. The average Bonchev–Trinajstić information content (AvgIpc) is 2.91. The molecule has 1 aromatic rings. The second-order valence-corrected chi connectivity index (χ2v) is 6.68. The van der Waals surface area contributed by atoms with E-state index in [1.54, 1.807) is 0 Å². The number of piperidine rings is 1. The molecule has 1 aliphatic rings. The van der Waals surface area contributed by atoms with Crippen LogP contribution in [0.25, 0.3) is 0 Å². The Labute approximate surface area is 115 Å². The highest BCUT2D eigenvalue weighted by molar-refractivity contribution is 7.09. The summed E-state index contributed by atoms with van der Waals surface area (Å²) in [6.07, 6.45) is 6.21. The van der Waals surface area contributed by atoms with Crippen molar-refractivity contribution in [1.82, 2.24) is 4.90 Å². The van der Waals surface area contributed by atoms with Crippen LogP contribution >= 0.6 is 11.3 Å². The summed E-state index contributed by atoms with van der Waals surface area (Å²) in [5, 5.41) is 2.15. The van der Waals surface area contributed by atoms with Gasteiger partial charge in [-0.05, 0) is 57.1 Å². The highest BCUT2D eigenvalue weighted by atomic mass is 32.1. The normalized spacial score (nSPS) is 22.6. The zero-order chi connectivity index (χ0) is 13.0. The average molecular weight is 266 g/mol. The molecule has 1 fully saturated rings. The van der Waals surface area contributed by atoms with Crippen LogP contribution in [0.2, 0.25) is 0 Å². The molecule has 1 saturated heterocycles. The number of hydrogen-bond acceptors (Lipinski definition) is 3. The highest BCUT2D eigenvalue weighted by Gasteiger charge is 2.36. The summed E-state index contributed by atoms with van der Waals surface area (Å²) in [6, 6.07) is 4.56. The zero-order valence-electron chi connectivity index (χ0n) is 11.7. The van der Waals surface area contributed by atoms with E-state index in [2.05, 4.69) is 36.3 Å². The van der Waals surface area contributed by atoms with Crippen LogP contribution in [0.4, 0.5) is 0 Å². The van der Waals surface area contributed by atoms with Crippen LogP contribution in [-0.2, 0) is 6.42 Å². The van der Waals surface area contributed by atoms with Gasteiger partial charge < -0.3 is 5.73 Å². The second kappa shape index (κ2) is 6.18. The van der Waals surface area contributed by atoms with Gasteiger partial charge in [0.15, 0.2) is 0 Å². The molecular formula is C15H26N2S. The lowest BCUT2D eigenvalue weighted by Crippen LogP contribution is -2.59. The quantitative estimate of drug-likeness (QED) is 0.886. The molecule has 0 spiro atoms. The monoisotopic (exact) mass is 266 g/mol. The van der Waals surface area contributed by atoms with E-state index in [0.717, 1.165) is 12.8 Å². The number of nitrogens with two attached hydrogens (primary N) is 1. The van der Waals surface area contributed by atoms with E-state index >= 15 is 0 Å². The van der Waals surface area contributed by atoms with Crippen LogP contribution < -0.4 is 5.73 Å². The highest BCUT2D eigenvalue weighted by Crippen LogP contribution is 2.28. The molecule has 0 radical (unpaired) electrons. The molecule has 0 saturated carbocycles. The second-order valence-electron chi connectivity index (χ2n) is 5.65. The van der Waals surface area contributed by atoms with Gasteiger partial charge >= 0.3 is 0 Å². The van der Waals surface area contributed by atoms with E-state index in [-0.39, 0.29) is 11.6 Å². The molecule has 1 aromatic heterocycles. The molecule has 1 aliphatic heterocycles. The fraction of sp³-hybridized carbons (Fsp3) is 0.733. The first-order valence-electron chi connectivity index (χ1n) is 7.20. The third kappa shape index (κ3) is 2.95. The van der Waals surface area contributed by atoms with Crippen molar-refractivity contribution in [2.45, 2.75) is 57.5 Å². The van der Waals surface area contributed by atoms with Crippen molar-refractivity contribution in [2.24, 2.45) is 5.73 Å². The third-order valence-corrected chi connectivity index (χ3v) is 5.49. The van der Waals surface area contributed by atoms with Crippen molar-refractivity contribution >= 4 is 11.3 Å². The molecule has 2 unspecified atom stereocenters. The molecule has 2 rings (SSSR count). The lowest BCUT2D eigenvalue weighted by atomic mass is 9.84. The fourth-order valence-electron chi connectivity index (χ4n) is 2.99. The molecule has 18 heavy (non-hydrogen) atoms. The minimum Gasteiger partial charge on any atom is -0.326 e. The van der Waals surface area contributed by atoms with Gasteiger partial charge in [-0.25, -0.2) is 0 Å². The SMILES string of the molecule is CCC(C)(C(N)Cc1cccs1)N1CCCCC1. The summed E-state index contributed by atoms with van der Waals surface area (Å²) in [5.74, 6) is 0. The Morgan fingerprint density at radius 2 is 2.11 bits per heavy atom. The maximum Gasteiger partial charge on any atom is 0.0333 e. The van der Waals surface area contributed by atoms with Gasteiger partial charge in [0, 0.05) is 16.5 Å². The van der Waals surface area contributed by atoms with Gasteiger partial charge in [0.1, 0.15) is 0 Å². The molecule has 2 N–H and O–H groups in total. The molecular weight excluding hydrogens is 240 g/mol. The van der Waals surface area contributed by atoms with E-state index in [4.69, 9.17) is 5.73 Å². The first-order valence-corrected chi connectivity index (χ1v) is 8.08. The molecule has 102 valence electrons. The molecule has 2 atom stereocenters. The van der Waals surface area contributed by atoms with Crippen LogP contribution in [0, 0.1) is 0 Å². The summed E-state index contributed by atoms with van der Waals surface area (Å²) in [4.78, 5) is 4.05. The van der Waals surface area contributed by atoms with Crippen molar-refractivity contribution in [3.8, 4) is 0 Å². The van der Waals surface area contributed by atoms with Crippen molar-refractivity contribution in [3.05, 3.63) is 22.4 Å². The summed E-state index contributed by atoms with van der Waals surface area (Å²) in [5.41, 5.74) is 6.71. The Morgan fingerprint density at radius 1 is 1.39 bits per heavy atom. The first-order chi connectivity index (χ1) is 8.66. The molecule has 0 aromatic carbocycles. The molecule has 2 nitrogen and oxygen atoms in total. The maximum absolute atomic E-state index is 6.55. The van der Waals surface area contributed by atoms with Crippen molar-refractivity contribution in [2.75, 3.05) is 13.1 Å². The van der Waals surface area contributed by atoms with Crippen LogP contribution in [0.5, 0.6) is 0 Å². The Balaban J connectivity index is 2.04. The summed E-state index contributed by atoms with van der Waals surface area (Å²) in [6.45, 7) is 7.09. The van der Waals surface area contributed by atoms with Crippen molar-refractivity contribution in [3.63, 3.8) is 0 Å². The van der Waals surface area contributed by atoms with Gasteiger partial charge in [-0.3, -0.25) is 4.90 Å². The number of likely N-dealkylation sites (tertiary alicyclic amines) is 1. The smallest absolute Gasteiger partial charge is 0.0333 e. The van der Waals surface area contributed by atoms with Crippen molar-refractivity contribution in [1.29, 1.82) is 0 Å². The summed E-state index contributed by atoms with van der Waals surface area (Å²) in [7, 11) is 0. The Hall–Kier alpha value is -0.380. The lowest BCUT2D eigenvalue weighted by Gasteiger charge is -2.46. The van der Waals surface area contributed by atoms with Crippen LogP contribution in [0.3, 0.4) is 0 Å². The third-order valence-electron chi connectivity index (χ3n) is 4.59. The van der Waals surface area contributed by atoms with E-state index < -0.39 is 0 Å². The lowest BCUT2D eigenvalue weighted by molar-refractivity contribution is 0.0548. The summed E-state index contributed by atoms with van der Waals surface area (Å²) >= 11 is 1.83.